The summed E-state index contributed by atoms with van der Waals surface area (Å²) >= 11 is 0. The van der Waals surface area contributed by atoms with E-state index < -0.39 is 0 Å². The monoisotopic (exact) mass is 234 g/mol. The average Bonchev–Trinajstić information content (AvgIpc) is 2.27. The third-order valence-electron chi connectivity index (χ3n) is 5.37. The molecule has 4 aliphatic carbocycles. The molecule has 2 unspecified atom stereocenters. The molecule has 0 saturated heterocycles. The van der Waals surface area contributed by atoms with Crippen molar-refractivity contribution in [3.63, 3.8) is 0 Å². The summed E-state index contributed by atoms with van der Waals surface area (Å²) in [5.41, 5.74) is -0.118. The molecule has 2 atom stereocenters. The summed E-state index contributed by atoms with van der Waals surface area (Å²) in [7, 11) is 0. The largest absolute Gasteiger partial charge is 0.456 e. The van der Waals surface area contributed by atoms with Crippen molar-refractivity contribution in [2.45, 2.75) is 51.0 Å². The Hall–Kier alpha value is -0.790. The summed E-state index contributed by atoms with van der Waals surface area (Å²) in [6, 6.07) is 0. The van der Waals surface area contributed by atoms with Crippen LogP contribution in [0.25, 0.3) is 0 Å². The van der Waals surface area contributed by atoms with E-state index in [0.29, 0.717) is 0 Å². The Bertz CT molecular complexity index is 331. The maximum Gasteiger partial charge on any atom is 0.330 e. The Morgan fingerprint density at radius 1 is 1.35 bits per heavy atom. The van der Waals surface area contributed by atoms with Gasteiger partial charge < -0.3 is 4.74 Å². The Balaban J connectivity index is 1.81. The molecule has 4 saturated carbocycles. The molecule has 4 fully saturated rings. The van der Waals surface area contributed by atoms with Crippen LogP contribution in [0.15, 0.2) is 12.7 Å². The summed E-state index contributed by atoms with van der Waals surface area (Å²) in [6.45, 7) is 5.83. The van der Waals surface area contributed by atoms with Gasteiger partial charge >= 0.3 is 5.97 Å². The summed E-state index contributed by atoms with van der Waals surface area (Å²) in [4.78, 5) is 11.5. The molecular weight excluding hydrogens is 212 g/mol. The number of hydrogen-bond acceptors (Lipinski definition) is 2. The zero-order valence-electron chi connectivity index (χ0n) is 10.7. The summed E-state index contributed by atoms with van der Waals surface area (Å²) in [6.07, 6.45) is 8.69. The van der Waals surface area contributed by atoms with Crippen molar-refractivity contribution in [2.75, 3.05) is 0 Å². The van der Waals surface area contributed by atoms with Crippen molar-refractivity contribution in [2.24, 2.45) is 23.7 Å². The maximum absolute atomic E-state index is 11.5. The zero-order chi connectivity index (χ0) is 12.0. The van der Waals surface area contributed by atoms with E-state index in [1.54, 1.807) is 0 Å². The lowest BCUT2D eigenvalue weighted by atomic mass is 9.49. The standard InChI is InChI=1S/C15H22O2/c1-3-13-11-5-10-6-12(13)9-15(7-10,8-11)17-14(16)4-2/h4,10-13H,2-3,5-9H2,1H3. The molecule has 0 amide bonds. The van der Waals surface area contributed by atoms with E-state index in [2.05, 4.69) is 13.5 Å². The van der Waals surface area contributed by atoms with Gasteiger partial charge in [0.2, 0.25) is 0 Å². The third-order valence-corrected chi connectivity index (χ3v) is 5.37. The van der Waals surface area contributed by atoms with Crippen molar-refractivity contribution >= 4 is 5.97 Å². The van der Waals surface area contributed by atoms with Crippen LogP contribution in [-0.4, -0.2) is 11.6 Å². The van der Waals surface area contributed by atoms with Crippen molar-refractivity contribution in [1.29, 1.82) is 0 Å². The molecule has 0 aromatic carbocycles. The van der Waals surface area contributed by atoms with E-state index in [4.69, 9.17) is 4.74 Å². The number of ether oxygens (including phenoxy) is 1. The third kappa shape index (κ3) is 1.73. The molecule has 0 aliphatic heterocycles. The van der Waals surface area contributed by atoms with Gasteiger partial charge in [-0.1, -0.05) is 19.9 Å². The number of esters is 1. The van der Waals surface area contributed by atoms with E-state index in [-0.39, 0.29) is 11.6 Å². The van der Waals surface area contributed by atoms with Gasteiger partial charge in [0, 0.05) is 6.08 Å². The lowest BCUT2D eigenvalue weighted by Crippen LogP contribution is -2.56. The van der Waals surface area contributed by atoms with Gasteiger partial charge in [0.25, 0.3) is 0 Å². The van der Waals surface area contributed by atoms with Crippen molar-refractivity contribution in [1.82, 2.24) is 0 Å². The van der Waals surface area contributed by atoms with E-state index in [1.165, 1.54) is 25.3 Å². The molecule has 0 aromatic heterocycles. The first-order valence-corrected chi connectivity index (χ1v) is 7.01. The molecule has 94 valence electrons. The van der Waals surface area contributed by atoms with Gasteiger partial charge in [0.05, 0.1) is 0 Å². The highest BCUT2D eigenvalue weighted by Crippen LogP contribution is 2.60. The zero-order valence-corrected chi connectivity index (χ0v) is 10.7. The fourth-order valence-electron chi connectivity index (χ4n) is 5.10. The van der Waals surface area contributed by atoms with Crippen LogP contribution in [0, 0.1) is 23.7 Å². The minimum Gasteiger partial charge on any atom is -0.456 e. The van der Waals surface area contributed by atoms with Gasteiger partial charge in [-0.3, -0.25) is 0 Å². The van der Waals surface area contributed by atoms with E-state index in [1.807, 2.05) is 0 Å². The second kappa shape index (κ2) is 3.86. The molecule has 0 aromatic rings. The smallest absolute Gasteiger partial charge is 0.330 e. The lowest BCUT2D eigenvalue weighted by molar-refractivity contribution is -0.191. The van der Waals surface area contributed by atoms with Crippen LogP contribution in [-0.2, 0) is 9.53 Å². The van der Waals surface area contributed by atoms with Crippen molar-refractivity contribution in [3.8, 4) is 0 Å². The van der Waals surface area contributed by atoms with Gasteiger partial charge in [-0.05, 0) is 55.8 Å². The highest BCUT2D eigenvalue weighted by molar-refractivity contribution is 5.81. The van der Waals surface area contributed by atoms with Gasteiger partial charge in [-0.15, -0.1) is 0 Å². The van der Waals surface area contributed by atoms with E-state index in [0.717, 1.165) is 42.9 Å². The van der Waals surface area contributed by atoms with Gasteiger partial charge in [0.1, 0.15) is 5.60 Å². The first kappa shape index (κ1) is 11.3. The van der Waals surface area contributed by atoms with Gasteiger partial charge in [-0.25, -0.2) is 4.79 Å². The minimum atomic E-state index is -0.222. The van der Waals surface area contributed by atoms with Gasteiger partial charge in [0.15, 0.2) is 0 Å². The first-order valence-electron chi connectivity index (χ1n) is 7.01. The van der Waals surface area contributed by atoms with E-state index >= 15 is 0 Å². The minimum absolute atomic E-state index is 0.118. The summed E-state index contributed by atoms with van der Waals surface area (Å²) < 4.78 is 5.74. The van der Waals surface area contributed by atoms with Crippen LogP contribution in [0.4, 0.5) is 0 Å². The fraction of sp³-hybridized carbons (Fsp3) is 0.800. The fourth-order valence-corrected chi connectivity index (χ4v) is 5.10. The Labute approximate surface area is 103 Å². The SMILES string of the molecule is C=CC(=O)OC12CC3CC(C1)C(CC)C(C3)C2. The van der Waals surface area contributed by atoms with Crippen molar-refractivity contribution < 1.29 is 9.53 Å². The predicted molar refractivity (Wildman–Crippen MR) is 66.4 cm³/mol. The average molecular weight is 234 g/mol. The molecule has 4 aliphatic rings. The van der Waals surface area contributed by atoms with Crippen LogP contribution in [0.3, 0.4) is 0 Å². The quantitative estimate of drug-likeness (QED) is 0.553. The molecular formula is C15H22O2. The highest BCUT2D eigenvalue weighted by atomic mass is 16.6. The summed E-state index contributed by atoms with van der Waals surface area (Å²) in [5, 5.41) is 0. The molecule has 17 heavy (non-hydrogen) atoms. The Morgan fingerprint density at radius 3 is 2.53 bits per heavy atom. The number of rotatable bonds is 3. The number of carbonyl (C=O) groups excluding carboxylic acids is 1. The number of carbonyl (C=O) groups is 1. The molecule has 2 nitrogen and oxygen atoms in total. The second-order valence-corrected chi connectivity index (χ2v) is 6.35. The molecule has 0 spiro atoms. The molecule has 4 rings (SSSR count). The Kier molecular flexibility index (Phi) is 2.57. The normalized spacial score (nSPS) is 46.9. The molecule has 4 bridgehead atoms. The molecule has 0 radical (unpaired) electrons. The van der Waals surface area contributed by atoms with Crippen LogP contribution >= 0.6 is 0 Å². The topological polar surface area (TPSA) is 26.3 Å². The predicted octanol–water partition coefficient (Wildman–Crippen LogP) is 3.32. The van der Waals surface area contributed by atoms with Crippen LogP contribution < -0.4 is 0 Å². The summed E-state index contributed by atoms with van der Waals surface area (Å²) in [5.74, 6) is 3.10. The van der Waals surface area contributed by atoms with E-state index in [9.17, 15) is 4.79 Å². The van der Waals surface area contributed by atoms with Crippen LogP contribution in [0.2, 0.25) is 0 Å². The van der Waals surface area contributed by atoms with Gasteiger partial charge in [-0.2, -0.15) is 0 Å². The van der Waals surface area contributed by atoms with Crippen LogP contribution in [0.5, 0.6) is 0 Å². The van der Waals surface area contributed by atoms with Crippen molar-refractivity contribution in [3.05, 3.63) is 12.7 Å². The molecule has 2 heteroatoms. The highest BCUT2D eigenvalue weighted by Gasteiger charge is 2.56. The van der Waals surface area contributed by atoms with Crippen LogP contribution in [0.1, 0.15) is 45.4 Å². The molecule has 0 heterocycles. The second-order valence-electron chi connectivity index (χ2n) is 6.35. The number of hydrogen-bond donors (Lipinski definition) is 0. The Morgan fingerprint density at radius 2 is 2.00 bits per heavy atom. The lowest BCUT2D eigenvalue weighted by Gasteiger charge is -2.59. The first-order chi connectivity index (χ1) is 8.15. The maximum atomic E-state index is 11.5. The molecule has 0 N–H and O–H groups in total.